The molecule has 11 nitrogen and oxygen atoms in total. The standard InChI is InChI=1S/C37H41N3O8S/c1-26-32(39-49(2,46)47)11-7-12-34(26)40(24-28-8-4-3-5-9-28)25-29-16-20-31(21-17-29)48-30-18-14-27(15-19-30)10-6-13-35(41)38-33(37(44)45)22-23-36(42)43/h3-5,7-9,11-12,14-21,33,39H,6,10,13,22-25H2,1-2H3,(H,38,41)(H,42,43)(H,44,45)/t33-/m0/s1. The number of carbonyl (C=O) groups is 3. The van der Waals surface area contributed by atoms with Crippen molar-refractivity contribution in [2.24, 2.45) is 0 Å². The Morgan fingerprint density at radius 2 is 1.37 bits per heavy atom. The molecule has 0 bridgehead atoms. The lowest BCUT2D eigenvalue weighted by molar-refractivity contribution is -0.143. The van der Waals surface area contributed by atoms with Gasteiger partial charge in [0, 0.05) is 31.6 Å². The first kappa shape index (κ1) is 36.5. The number of rotatable bonds is 18. The Bertz CT molecular complexity index is 1830. The highest BCUT2D eigenvalue weighted by Crippen LogP contribution is 2.31. The SMILES string of the molecule is Cc1c(NS(C)(=O)=O)cccc1N(Cc1ccccc1)Cc1ccc(Oc2ccc(CCCC(=O)N[C@@H](CCC(=O)O)C(=O)O)cc2)cc1. The fraction of sp³-hybridized carbons (Fsp3) is 0.270. The number of nitrogens with one attached hydrogen (secondary N) is 2. The van der Waals surface area contributed by atoms with Crippen molar-refractivity contribution >= 4 is 39.2 Å². The van der Waals surface area contributed by atoms with Crippen molar-refractivity contribution < 1.29 is 37.8 Å². The smallest absolute Gasteiger partial charge is 0.326 e. The highest BCUT2D eigenvalue weighted by molar-refractivity contribution is 7.92. The van der Waals surface area contributed by atoms with E-state index < -0.39 is 33.9 Å². The molecule has 1 atom stereocenters. The maximum Gasteiger partial charge on any atom is 0.326 e. The number of nitrogens with zero attached hydrogens (tertiary/aromatic N) is 1. The third-order valence-corrected chi connectivity index (χ3v) is 8.35. The predicted molar refractivity (Wildman–Crippen MR) is 188 cm³/mol. The van der Waals surface area contributed by atoms with Crippen LogP contribution in [0.4, 0.5) is 11.4 Å². The number of carbonyl (C=O) groups excluding carboxylic acids is 1. The molecule has 0 aliphatic carbocycles. The van der Waals surface area contributed by atoms with Gasteiger partial charge in [0.1, 0.15) is 17.5 Å². The molecule has 0 aromatic heterocycles. The van der Waals surface area contributed by atoms with Crippen molar-refractivity contribution in [3.63, 3.8) is 0 Å². The predicted octanol–water partition coefficient (Wildman–Crippen LogP) is 6.12. The van der Waals surface area contributed by atoms with Gasteiger partial charge in [0.2, 0.25) is 15.9 Å². The van der Waals surface area contributed by atoms with E-state index in [1.165, 1.54) is 0 Å². The molecule has 0 heterocycles. The molecule has 49 heavy (non-hydrogen) atoms. The van der Waals surface area contributed by atoms with E-state index in [0.717, 1.165) is 34.2 Å². The first-order valence-electron chi connectivity index (χ1n) is 15.8. The van der Waals surface area contributed by atoms with Gasteiger partial charge in [-0.3, -0.25) is 14.3 Å². The number of ether oxygens (including phenoxy) is 1. The molecule has 12 heteroatoms. The zero-order valence-corrected chi connectivity index (χ0v) is 28.3. The lowest BCUT2D eigenvalue weighted by Crippen LogP contribution is -2.41. The lowest BCUT2D eigenvalue weighted by Gasteiger charge is -2.28. The number of carboxylic acid groups (broad SMARTS) is 2. The molecule has 4 rings (SSSR count). The Hall–Kier alpha value is -5.36. The summed E-state index contributed by atoms with van der Waals surface area (Å²) in [6.45, 7) is 3.10. The summed E-state index contributed by atoms with van der Waals surface area (Å²) in [5, 5.41) is 20.4. The van der Waals surface area contributed by atoms with Gasteiger partial charge in [-0.25, -0.2) is 13.2 Å². The molecule has 0 radical (unpaired) electrons. The number of aliphatic carboxylic acids is 2. The molecule has 0 saturated heterocycles. The first-order chi connectivity index (χ1) is 23.4. The summed E-state index contributed by atoms with van der Waals surface area (Å²) in [5.41, 5.74) is 5.43. The van der Waals surface area contributed by atoms with Gasteiger partial charge in [0.05, 0.1) is 11.9 Å². The van der Waals surface area contributed by atoms with Gasteiger partial charge in [-0.05, 0) is 84.8 Å². The number of anilines is 2. The van der Waals surface area contributed by atoms with Crippen LogP contribution in [0.3, 0.4) is 0 Å². The first-order valence-corrected chi connectivity index (χ1v) is 17.7. The molecule has 258 valence electrons. The van der Waals surface area contributed by atoms with Crippen LogP contribution < -0.4 is 19.7 Å². The van der Waals surface area contributed by atoms with Crippen LogP contribution in [0.5, 0.6) is 11.5 Å². The number of hydrogen-bond acceptors (Lipinski definition) is 7. The Labute approximate surface area is 286 Å². The highest BCUT2D eigenvalue weighted by Gasteiger charge is 2.21. The van der Waals surface area contributed by atoms with Crippen LogP contribution in [0.15, 0.2) is 97.1 Å². The quantitative estimate of drug-likeness (QED) is 0.0965. The van der Waals surface area contributed by atoms with Crippen molar-refractivity contribution in [3.05, 3.63) is 119 Å². The topological polar surface area (TPSA) is 162 Å². The molecule has 0 spiro atoms. The van der Waals surface area contributed by atoms with Gasteiger partial charge < -0.3 is 25.2 Å². The molecule has 4 aromatic rings. The number of sulfonamides is 1. The molecule has 1 amide bonds. The number of amides is 1. The van der Waals surface area contributed by atoms with Crippen LogP contribution in [-0.2, 0) is 43.9 Å². The molecule has 4 N–H and O–H groups in total. The summed E-state index contributed by atoms with van der Waals surface area (Å²) in [7, 11) is -3.44. The number of benzene rings is 4. The van der Waals surface area contributed by atoms with E-state index in [1.54, 1.807) is 6.07 Å². The Balaban J connectivity index is 1.35. The van der Waals surface area contributed by atoms with E-state index in [0.29, 0.717) is 43.1 Å². The second-order valence-electron chi connectivity index (χ2n) is 11.8. The second-order valence-corrected chi connectivity index (χ2v) is 13.5. The lowest BCUT2D eigenvalue weighted by atomic mass is 10.1. The van der Waals surface area contributed by atoms with Gasteiger partial charge in [0.15, 0.2) is 0 Å². The summed E-state index contributed by atoms with van der Waals surface area (Å²) in [6, 6.07) is 29.7. The van der Waals surface area contributed by atoms with Crippen LogP contribution in [0.2, 0.25) is 0 Å². The van der Waals surface area contributed by atoms with Crippen LogP contribution in [0.25, 0.3) is 0 Å². The third-order valence-electron chi connectivity index (χ3n) is 7.76. The summed E-state index contributed by atoms with van der Waals surface area (Å²) in [4.78, 5) is 36.4. The molecule has 0 saturated carbocycles. The van der Waals surface area contributed by atoms with Crippen molar-refractivity contribution in [2.45, 2.75) is 58.2 Å². The Kier molecular flexibility index (Phi) is 12.8. The fourth-order valence-electron chi connectivity index (χ4n) is 5.29. The molecule has 4 aromatic carbocycles. The zero-order valence-electron chi connectivity index (χ0n) is 27.5. The third kappa shape index (κ3) is 12.0. The average molecular weight is 688 g/mol. The Morgan fingerprint density at radius 1 is 0.776 bits per heavy atom. The average Bonchev–Trinajstić information content (AvgIpc) is 3.05. The van der Waals surface area contributed by atoms with Gasteiger partial charge in [0.25, 0.3) is 0 Å². The van der Waals surface area contributed by atoms with Crippen LogP contribution in [-0.4, -0.2) is 48.8 Å². The van der Waals surface area contributed by atoms with Gasteiger partial charge >= 0.3 is 11.9 Å². The van der Waals surface area contributed by atoms with Crippen LogP contribution in [0.1, 0.15) is 47.9 Å². The summed E-state index contributed by atoms with van der Waals surface area (Å²) >= 11 is 0. The van der Waals surface area contributed by atoms with E-state index in [9.17, 15) is 27.9 Å². The minimum Gasteiger partial charge on any atom is -0.481 e. The number of aryl methyl sites for hydroxylation is 1. The summed E-state index contributed by atoms with van der Waals surface area (Å²) < 4.78 is 32.6. The van der Waals surface area contributed by atoms with Crippen molar-refractivity contribution in [1.82, 2.24) is 5.32 Å². The summed E-state index contributed by atoms with van der Waals surface area (Å²) in [5.74, 6) is -1.50. The minimum absolute atomic E-state index is 0.118. The van der Waals surface area contributed by atoms with Crippen molar-refractivity contribution in [3.8, 4) is 11.5 Å². The molecule has 0 unspecified atom stereocenters. The normalized spacial score (nSPS) is 11.7. The molecular weight excluding hydrogens is 646 g/mol. The molecular formula is C37H41N3O8S. The monoisotopic (exact) mass is 687 g/mol. The van der Waals surface area contributed by atoms with Gasteiger partial charge in [-0.2, -0.15) is 0 Å². The minimum atomic E-state index is -3.44. The molecule has 0 aliphatic rings. The zero-order chi connectivity index (χ0) is 35.4. The van der Waals surface area contributed by atoms with E-state index in [1.807, 2.05) is 85.8 Å². The number of hydrogen-bond donors (Lipinski definition) is 4. The molecule has 0 aliphatic heterocycles. The largest absolute Gasteiger partial charge is 0.481 e. The van der Waals surface area contributed by atoms with Crippen LogP contribution >= 0.6 is 0 Å². The highest BCUT2D eigenvalue weighted by atomic mass is 32.2. The maximum atomic E-state index is 12.2. The van der Waals surface area contributed by atoms with Gasteiger partial charge in [-0.15, -0.1) is 0 Å². The van der Waals surface area contributed by atoms with E-state index in [4.69, 9.17) is 9.84 Å². The van der Waals surface area contributed by atoms with E-state index in [2.05, 4.69) is 27.1 Å². The Morgan fingerprint density at radius 3 is 1.94 bits per heavy atom. The second kappa shape index (κ2) is 17.2. The van der Waals surface area contributed by atoms with E-state index >= 15 is 0 Å². The van der Waals surface area contributed by atoms with Gasteiger partial charge in [-0.1, -0.05) is 60.7 Å². The number of carboxylic acids is 2. The van der Waals surface area contributed by atoms with Crippen molar-refractivity contribution in [1.29, 1.82) is 0 Å². The van der Waals surface area contributed by atoms with E-state index in [-0.39, 0.29) is 19.3 Å². The van der Waals surface area contributed by atoms with Crippen molar-refractivity contribution in [2.75, 3.05) is 15.9 Å². The van der Waals surface area contributed by atoms with Crippen LogP contribution in [0, 0.1) is 6.92 Å². The molecule has 0 fully saturated rings. The summed E-state index contributed by atoms with van der Waals surface area (Å²) in [6.07, 6.45) is 1.84. The fourth-order valence-corrected chi connectivity index (χ4v) is 5.92. The maximum absolute atomic E-state index is 12.2.